The highest BCUT2D eigenvalue weighted by Crippen LogP contribution is 2.24. The quantitative estimate of drug-likeness (QED) is 0.692. The van der Waals surface area contributed by atoms with Gasteiger partial charge in [-0.15, -0.1) is 0 Å². The van der Waals surface area contributed by atoms with Crippen molar-refractivity contribution in [3.05, 3.63) is 59.4 Å². The first-order chi connectivity index (χ1) is 10.2. The highest BCUT2D eigenvalue weighted by molar-refractivity contribution is 6.31. The summed E-state index contributed by atoms with van der Waals surface area (Å²) in [5.41, 5.74) is 2.26. The number of hydrogen-bond acceptors (Lipinski definition) is 3. The number of Topliss-reactive ketones (excluding diaryl/α,β-unsaturated/α-hetero) is 1. The summed E-state index contributed by atoms with van der Waals surface area (Å²) in [5, 5.41) is 0.509. The molecule has 0 unspecified atom stereocenters. The predicted octanol–water partition coefficient (Wildman–Crippen LogP) is 3.58. The van der Waals surface area contributed by atoms with Crippen LogP contribution >= 0.6 is 11.6 Å². The molecule has 0 saturated carbocycles. The van der Waals surface area contributed by atoms with Crippen LogP contribution in [-0.4, -0.2) is 22.4 Å². The van der Waals surface area contributed by atoms with Crippen LogP contribution in [0.3, 0.4) is 0 Å². The van der Waals surface area contributed by atoms with E-state index in [1.807, 2.05) is 28.8 Å². The molecule has 0 amide bonds. The maximum atomic E-state index is 12.5. The maximum absolute atomic E-state index is 12.5. The second-order valence-electron chi connectivity index (χ2n) is 4.63. The summed E-state index contributed by atoms with van der Waals surface area (Å²) in [4.78, 5) is 16.8. The zero-order valence-corrected chi connectivity index (χ0v) is 12.2. The molecule has 0 aliphatic rings. The Bertz CT molecular complexity index is 811. The number of benzene rings is 2. The number of imidazole rings is 1. The zero-order valence-electron chi connectivity index (χ0n) is 11.4. The molecule has 0 bridgehead atoms. The number of nitrogens with zero attached hydrogens (tertiary/aromatic N) is 2. The van der Waals surface area contributed by atoms with Gasteiger partial charge in [0, 0.05) is 5.02 Å². The van der Waals surface area contributed by atoms with Gasteiger partial charge in [0.15, 0.2) is 5.78 Å². The fraction of sp³-hybridized carbons (Fsp3) is 0.125. The molecule has 0 radical (unpaired) electrons. The van der Waals surface area contributed by atoms with E-state index in [1.165, 1.54) is 7.11 Å². The molecule has 3 aromatic rings. The number of carbonyl (C=O) groups excluding carboxylic acids is 1. The SMILES string of the molecule is COc1ccc(Cl)cc1C(=O)Cn1cnc2ccccc21. The van der Waals surface area contributed by atoms with Crippen molar-refractivity contribution in [1.29, 1.82) is 0 Å². The number of aromatic nitrogens is 2. The number of fused-ring (bicyclic) bond motifs is 1. The molecule has 4 nitrogen and oxygen atoms in total. The lowest BCUT2D eigenvalue weighted by Crippen LogP contribution is -2.11. The van der Waals surface area contributed by atoms with Crippen LogP contribution in [0.25, 0.3) is 11.0 Å². The molecule has 0 aliphatic carbocycles. The fourth-order valence-electron chi connectivity index (χ4n) is 2.27. The van der Waals surface area contributed by atoms with Gasteiger partial charge >= 0.3 is 0 Å². The smallest absolute Gasteiger partial charge is 0.186 e. The van der Waals surface area contributed by atoms with E-state index in [1.54, 1.807) is 24.5 Å². The summed E-state index contributed by atoms with van der Waals surface area (Å²) in [6.45, 7) is 0.192. The van der Waals surface area contributed by atoms with Gasteiger partial charge in [-0.25, -0.2) is 4.98 Å². The molecule has 21 heavy (non-hydrogen) atoms. The molecule has 3 rings (SSSR count). The van der Waals surface area contributed by atoms with Crippen molar-refractivity contribution in [2.75, 3.05) is 7.11 Å². The third kappa shape index (κ3) is 2.62. The molecular weight excluding hydrogens is 288 g/mol. The minimum absolute atomic E-state index is 0.0718. The van der Waals surface area contributed by atoms with Crippen LogP contribution in [-0.2, 0) is 6.54 Å². The summed E-state index contributed by atoms with van der Waals surface area (Å²) in [6, 6.07) is 12.7. The van der Waals surface area contributed by atoms with Gasteiger partial charge in [-0.05, 0) is 30.3 Å². The van der Waals surface area contributed by atoms with Gasteiger partial charge in [0.1, 0.15) is 5.75 Å². The number of methoxy groups -OCH3 is 1. The second kappa shape index (κ2) is 5.58. The average Bonchev–Trinajstić information content (AvgIpc) is 2.90. The molecule has 0 atom stereocenters. The van der Waals surface area contributed by atoms with Crippen molar-refractivity contribution in [3.8, 4) is 5.75 Å². The molecular formula is C16H13ClN2O2. The van der Waals surface area contributed by atoms with Crippen LogP contribution in [0.15, 0.2) is 48.8 Å². The van der Waals surface area contributed by atoms with Crippen LogP contribution in [0.2, 0.25) is 5.02 Å². The minimum atomic E-state index is -0.0718. The molecule has 0 saturated heterocycles. The summed E-state index contributed by atoms with van der Waals surface area (Å²) in [5.74, 6) is 0.450. The Labute approximate surface area is 126 Å². The van der Waals surface area contributed by atoms with Crippen LogP contribution in [0, 0.1) is 0 Å². The summed E-state index contributed by atoms with van der Waals surface area (Å²) >= 11 is 5.97. The first-order valence-corrected chi connectivity index (χ1v) is 6.83. The van der Waals surface area contributed by atoms with Gasteiger partial charge in [0.2, 0.25) is 0 Å². The Morgan fingerprint density at radius 3 is 2.90 bits per heavy atom. The van der Waals surface area contributed by atoms with E-state index >= 15 is 0 Å². The Balaban J connectivity index is 1.95. The third-order valence-electron chi connectivity index (χ3n) is 3.30. The molecule has 0 spiro atoms. The number of ether oxygens (including phenoxy) is 1. The number of carbonyl (C=O) groups is 1. The first kappa shape index (κ1) is 13.6. The summed E-state index contributed by atoms with van der Waals surface area (Å²) in [6.07, 6.45) is 1.67. The number of hydrogen-bond donors (Lipinski definition) is 0. The first-order valence-electron chi connectivity index (χ1n) is 6.45. The second-order valence-corrected chi connectivity index (χ2v) is 5.07. The molecule has 2 aromatic carbocycles. The standard InChI is InChI=1S/C16H13ClN2O2/c1-21-16-7-6-11(17)8-12(16)15(20)9-19-10-18-13-4-2-3-5-14(13)19/h2-8,10H,9H2,1H3. The largest absolute Gasteiger partial charge is 0.496 e. The Kier molecular flexibility index (Phi) is 3.62. The van der Waals surface area contributed by atoms with Crippen LogP contribution in [0.1, 0.15) is 10.4 Å². The van der Waals surface area contributed by atoms with E-state index in [0.29, 0.717) is 16.3 Å². The molecule has 0 aliphatic heterocycles. The Morgan fingerprint density at radius 2 is 2.10 bits per heavy atom. The van der Waals surface area contributed by atoms with Crippen LogP contribution in [0.4, 0.5) is 0 Å². The van der Waals surface area contributed by atoms with E-state index in [4.69, 9.17) is 16.3 Å². The number of para-hydroxylation sites is 2. The summed E-state index contributed by atoms with van der Waals surface area (Å²) < 4.78 is 7.04. The van der Waals surface area contributed by atoms with E-state index in [2.05, 4.69) is 4.98 Å². The van der Waals surface area contributed by atoms with Crippen molar-refractivity contribution in [2.24, 2.45) is 0 Å². The highest BCUT2D eigenvalue weighted by atomic mass is 35.5. The fourth-order valence-corrected chi connectivity index (χ4v) is 2.45. The lowest BCUT2D eigenvalue weighted by atomic mass is 10.1. The average molecular weight is 301 g/mol. The van der Waals surface area contributed by atoms with Gasteiger partial charge in [-0.1, -0.05) is 23.7 Å². The Hall–Kier alpha value is -2.33. The maximum Gasteiger partial charge on any atom is 0.186 e. The van der Waals surface area contributed by atoms with Gasteiger partial charge < -0.3 is 9.30 Å². The minimum Gasteiger partial charge on any atom is -0.496 e. The normalized spacial score (nSPS) is 10.8. The predicted molar refractivity (Wildman–Crippen MR) is 82.1 cm³/mol. The van der Waals surface area contributed by atoms with Crippen molar-refractivity contribution in [2.45, 2.75) is 6.54 Å². The number of halogens is 1. The topological polar surface area (TPSA) is 44.1 Å². The van der Waals surface area contributed by atoms with E-state index < -0.39 is 0 Å². The number of ketones is 1. The third-order valence-corrected chi connectivity index (χ3v) is 3.54. The van der Waals surface area contributed by atoms with Crippen molar-refractivity contribution in [3.63, 3.8) is 0 Å². The molecule has 0 fully saturated rings. The lowest BCUT2D eigenvalue weighted by molar-refractivity contribution is 0.0970. The van der Waals surface area contributed by atoms with Gasteiger partial charge in [0.05, 0.1) is 36.6 Å². The van der Waals surface area contributed by atoms with E-state index in [9.17, 15) is 4.79 Å². The van der Waals surface area contributed by atoms with E-state index in [-0.39, 0.29) is 12.3 Å². The van der Waals surface area contributed by atoms with Gasteiger partial charge in [0.25, 0.3) is 0 Å². The van der Waals surface area contributed by atoms with Crippen LogP contribution < -0.4 is 4.74 Å². The molecule has 0 N–H and O–H groups in total. The molecule has 106 valence electrons. The van der Waals surface area contributed by atoms with Crippen molar-refractivity contribution < 1.29 is 9.53 Å². The Morgan fingerprint density at radius 1 is 1.29 bits per heavy atom. The van der Waals surface area contributed by atoms with E-state index in [0.717, 1.165) is 11.0 Å². The van der Waals surface area contributed by atoms with Crippen LogP contribution in [0.5, 0.6) is 5.75 Å². The lowest BCUT2D eigenvalue weighted by Gasteiger charge is -2.09. The van der Waals surface area contributed by atoms with Gasteiger partial charge in [-0.2, -0.15) is 0 Å². The molecule has 1 aromatic heterocycles. The zero-order chi connectivity index (χ0) is 14.8. The van der Waals surface area contributed by atoms with Crippen molar-refractivity contribution >= 4 is 28.4 Å². The van der Waals surface area contributed by atoms with Crippen molar-refractivity contribution in [1.82, 2.24) is 9.55 Å². The van der Waals surface area contributed by atoms with Gasteiger partial charge in [-0.3, -0.25) is 4.79 Å². The molecule has 1 heterocycles. The molecule has 5 heteroatoms. The monoisotopic (exact) mass is 300 g/mol. The highest BCUT2D eigenvalue weighted by Gasteiger charge is 2.14. The number of rotatable bonds is 4. The summed E-state index contributed by atoms with van der Waals surface area (Å²) in [7, 11) is 1.53.